The molecule has 2 saturated heterocycles. The molecule has 43 heavy (non-hydrogen) atoms. The average molecular weight is 605 g/mol. The van der Waals surface area contributed by atoms with Gasteiger partial charge in [0, 0.05) is 12.0 Å². The summed E-state index contributed by atoms with van der Waals surface area (Å²) in [5, 5.41) is 24.5. The van der Waals surface area contributed by atoms with E-state index < -0.39 is 31.9 Å². The number of carbonyl (C=O) groups is 1. The fraction of sp³-hybridized carbons (Fsp3) is 0.583. The highest BCUT2D eigenvalue weighted by molar-refractivity contribution is 6.99. The number of hydrogen-bond acceptors (Lipinski definition) is 6. The summed E-state index contributed by atoms with van der Waals surface area (Å²) in [4.78, 5) is 12.3. The molecular weight excluding hydrogens is 556 g/mol. The van der Waals surface area contributed by atoms with Crippen LogP contribution < -0.4 is 10.4 Å². The zero-order valence-corrected chi connectivity index (χ0v) is 27.3. The summed E-state index contributed by atoms with van der Waals surface area (Å²) < 4.78 is 18.8. The third kappa shape index (κ3) is 4.96. The van der Waals surface area contributed by atoms with Gasteiger partial charge in [-0.2, -0.15) is 0 Å². The molecule has 2 aliphatic carbocycles. The van der Waals surface area contributed by atoms with Crippen LogP contribution in [0.15, 0.2) is 72.3 Å². The molecular formula is C36H48O6Si. The first kappa shape index (κ1) is 30.7. The Bertz CT molecular complexity index is 1310. The van der Waals surface area contributed by atoms with Gasteiger partial charge in [0.05, 0.1) is 23.9 Å². The highest BCUT2D eigenvalue weighted by Gasteiger charge is 2.67. The number of aliphatic hydroxyl groups is 2. The molecule has 7 heteroatoms. The Balaban J connectivity index is 1.37. The van der Waals surface area contributed by atoms with Gasteiger partial charge in [0.2, 0.25) is 0 Å². The number of benzene rings is 2. The highest BCUT2D eigenvalue weighted by Crippen LogP contribution is 2.66. The second-order valence-electron chi connectivity index (χ2n) is 15.0. The molecule has 0 radical (unpaired) electrons. The molecule has 0 bridgehead atoms. The largest absolute Gasteiger partial charge is 0.459 e. The molecule has 0 amide bonds. The van der Waals surface area contributed by atoms with Gasteiger partial charge in [-0.1, -0.05) is 101 Å². The van der Waals surface area contributed by atoms with E-state index >= 15 is 0 Å². The lowest BCUT2D eigenvalue weighted by Crippen LogP contribution is -2.68. The number of rotatable bonds is 7. The second kappa shape index (κ2) is 11.0. The summed E-state index contributed by atoms with van der Waals surface area (Å²) in [7, 11) is -2.80. The maximum atomic E-state index is 12.3. The van der Waals surface area contributed by atoms with Gasteiger partial charge in [0.1, 0.15) is 12.7 Å². The van der Waals surface area contributed by atoms with Gasteiger partial charge in [0.15, 0.2) is 0 Å². The monoisotopic (exact) mass is 604 g/mol. The lowest BCUT2D eigenvalue weighted by Gasteiger charge is -2.61. The Labute approximate surface area is 257 Å². The van der Waals surface area contributed by atoms with Crippen molar-refractivity contribution in [1.29, 1.82) is 0 Å². The van der Waals surface area contributed by atoms with Gasteiger partial charge < -0.3 is 24.1 Å². The SMILES string of the molecule is CC(C)(C)[Si](OC[C@@]1(C)C2CC[C@@]3(CO3)[C@@H](C/C=C3\C(=O)OC[C@H]3O)[C@]2(C)CC[C@H]1O)(c1ccccc1)c1ccccc1. The number of cyclic esters (lactones) is 1. The van der Waals surface area contributed by atoms with Crippen LogP contribution >= 0.6 is 0 Å². The van der Waals surface area contributed by atoms with Crippen molar-refractivity contribution in [2.45, 2.75) is 89.6 Å². The lowest BCUT2D eigenvalue weighted by atomic mass is 9.45. The van der Waals surface area contributed by atoms with Crippen LogP contribution in [0.1, 0.15) is 66.7 Å². The molecule has 4 fully saturated rings. The molecule has 2 heterocycles. The van der Waals surface area contributed by atoms with E-state index in [1.165, 1.54) is 10.4 Å². The van der Waals surface area contributed by atoms with Crippen LogP contribution in [0, 0.1) is 22.7 Å². The van der Waals surface area contributed by atoms with Gasteiger partial charge >= 0.3 is 5.97 Å². The predicted molar refractivity (Wildman–Crippen MR) is 170 cm³/mol. The Morgan fingerprint density at radius 1 is 0.977 bits per heavy atom. The Hall–Kier alpha value is -2.29. The fourth-order valence-electron chi connectivity index (χ4n) is 9.25. The van der Waals surface area contributed by atoms with Crippen molar-refractivity contribution in [3.63, 3.8) is 0 Å². The van der Waals surface area contributed by atoms with Gasteiger partial charge in [0.25, 0.3) is 8.32 Å². The van der Waals surface area contributed by atoms with E-state index in [9.17, 15) is 15.0 Å². The number of epoxide rings is 1. The molecule has 2 N–H and O–H groups in total. The minimum Gasteiger partial charge on any atom is -0.459 e. The molecule has 2 aromatic rings. The summed E-state index contributed by atoms with van der Waals surface area (Å²) >= 11 is 0. The molecule has 0 aromatic heterocycles. The number of fused-ring (bicyclic) bond motifs is 1. The number of aliphatic hydroxyl groups excluding tert-OH is 2. The molecule has 232 valence electrons. The van der Waals surface area contributed by atoms with Crippen molar-refractivity contribution < 1.29 is 28.9 Å². The summed E-state index contributed by atoms with van der Waals surface area (Å²) in [6.45, 7) is 12.7. The number of hydrogen-bond donors (Lipinski definition) is 2. The zero-order valence-electron chi connectivity index (χ0n) is 26.3. The van der Waals surface area contributed by atoms with E-state index in [2.05, 4.69) is 95.3 Å². The molecule has 6 nitrogen and oxygen atoms in total. The molecule has 1 spiro atoms. The second-order valence-corrected chi connectivity index (χ2v) is 19.3. The number of ether oxygens (including phenoxy) is 2. The van der Waals surface area contributed by atoms with Crippen LogP contribution in [-0.2, 0) is 18.7 Å². The van der Waals surface area contributed by atoms with Crippen molar-refractivity contribution in [3.05, 3.63) is 72.3 Å². The van der Waals surface area contributed by atoms with Crippen molar-refractivity contribution in [3.8, 4) is 0 Å². The standard InChI is InChI=1S/C36H48O6Si/c1-33(2,3)43(25-12-8-6-9-13-25,26-14-10-7-11-15-26)42-23-35(5)29-18-21-36(24-41-36)30(34(29,4)20-19-31(35)38)17-16-27-28(37)22-40-32(27)39/h6-16,28-31,37-38H,17-24H2,1-5H3/b27-16-/t28-,29?,30+,31-,34-,35+,36-/m1/s1. The van der Waals surface area contributed by atoms with E-state index in [1.54, 1.807) is 0 Å². The van der Waals surface area contributed by atoms with Crippen LogP contribution in [-0.4, -0.2) is 62.1 Å². The number of carbonyl (C=O) groups excluding carboxylic acids is 1. The quantitative estimate of drug-likeness (QED) is 0.205. The molecule has 2 saturated carbocycles. The topological polar surface area (TPSA) is 88.5 Å². The first-order chi connectivity index (χ1) is 20.4. The minimum absolute atomic E-state index is 0.0285. The Morgan fingerprint density at radius 3 is 2.09 bits per heavy atom. The smallest absolute Gasteiger partial charge is 0.336 e. The summed E-state index contributed by atoms with van der Waals surface area (Å²) in [6.07, 6.45) is 4.68. The molecule has 4 aliphatic rings. The van der Waals surface area contributed by atoms with Gasteiger partial charge in [-0.05, 0) is 64.8 Å². The average Bonchev–Trinajstić information content (AvgIpc) is 3.68. The lowest BCUT2D eigenvalue weighted by molar-refractivity contribution is -0.173. The fourth-order valence-corrected chi connectivity index (χ4v) is 13.9. The van der Waals surface area contributed by atoms with Crippen LogP contribution in [0.5, 0.6) is 0 Å². The van der Waals surface area contributed by atoms with Crippen LogP contribution in [0.3, 0.4) is 0 Å². The van der Waals surface area contributed by atoms with Crippen molar-refractivity contribution in [2.24, 2.45) is 22.7 Å². The van der Waals surface area contributed by atoms with E-state index in [4.69, 9.17) is 13.9 Å². The number of esters is 1. The zero-order chi connectivity index (χ0) is 30.7. The van der Waals surface area contributed by atoms with Crippen molar-refractivity contribution in [1.82, 2.24) is 0 Å². The first-order valence-electron chi connectivity index (χ1n) is 16.0. The normalized spacial score (nSPS) is 36.9. The van der Waals surface area contributed by atoms with Crippen molar-refractivity contribution >= 4 is 24.7 Å². The maximum Gasteiger partial charge on any atom is 0.336 e. The molecule has 2 aromatic carbocycles. The third-order valence-electron chi connectivity index (χ3n) is 11.7. The molecule has 6 rings (SSSR count). The first-order valence-corrected chi connectivity index (χ1v) is 17.9. The van der Waals surface area contributed by atoms with E-state index in [0.717, 1.165) is 25.9 Å². The van der Waals surface area contributed by atoms with Gasteiger partial charge in [-0.25, -0.2) is 4.79 Å². The van der Waals surface area contributed by atoms with E-state index in [0.29, 0.717) is 25.0 Å². The Morgan fingerprint density at radius 2 is 1.58 bits per heavy atom. The van der Waals surface area contributed by atoms with E-state index in [1.807, 2.05) is 6.08 Å². The van der Waals surface area contributed by atoms with E-state index in [-0.39, 0.29) is 34.5 Å². The van der Waals surface area contributed by atoms with Gasteiger partial charge in [-0.3, -0.25) is 0 Å². The number of allylic oxidation sites excluding steroid dienone is 1. The van der Waals surface area contributed by atoms with Crippen molar-refractivity contribution in [2.75, 3.05) is 19.8 Å². The third-order valence-corrected chi connectivity index (χ3v) is 16.7. The molecule has 2 aliphatic heterocycles. The summed E-state index contributed by atoms with van der Waals surface area (Å²) in [5.41, 5.74) is -0.414. The molecule has 1 unspecified atom stereocenters. The minimum atomic E-state index is -2.80. The highest BCUT2D eigenvalue weighted by atomic mass is 28.4. The van der Waals surface area contributed by atoms with Crippen LogP contribution in [0.2, 0.25) is 5.04 Å². The maximum absolute atomic E-state index is 12.3. The molecule has 7 atom stereocenters. The van der Waals surface area contributed by atoms with Crippen LogP contribution in [0.4, 0.5) is 0 Å². The predicted octanol–water partition coefficient (Wildman–Crippen LogP) is 4.76. The Kier molecular flexibility index (Phi) is 7.82. The summed E-state index contributed by atoms with van der Waals surface area (Å²) in [6, 6.07) is 21.4. The van der Waals surface area contributed by atoms with Crippen LogP contribution in [0.25, 0.3) is 0 Å². The van der Waals surface area contributed by atoms with Gasteiger partial charge in [-0.15, -0.1) is 0 Å². The summed E-state index contributed by atoms with van der Waals surface area (Å²) in [5.74, 6) is -0.0365.